The molecular formula is C33H40N6O5. The van der Waals surface area contributed by atoms with Crippen LogP contribution in [0.2, 0.25) is 0 Å². The number of azide groups is 2. The van der Waals surface area contributed by atoms with Gasteiger partial charge in [-0.25, -0.2) is 0 Å². The number of methoxy groups -OCH3 is 1. The molecule has 0 spiro atoms. The van der Waals surface area contributed by atoms with Crippen LogP contribution in [0.1, 0.15) is 50.8 Å². The molecule has 0 aliphatic carbocycles. The van der Waals surface area contributed by atoms with Gasteiger partial charge in [0, 0.05) is 23.4 Å². The molecule has 3 aromatic rings. The fraction of sp³-hybridized carbons (Fsp3) is 0.455. The average Bonchev–Trinajstić information content (AvgIpc) is 3.03. The summed E-state index contributed by atoms with van der Waals surface area (Å²) < 4.78 is 30.8. The Hall–Kier alpha value is -3.92. The minimum absolute atomic E-state index is 0.0234. The summed E-state index contributed by atoms with van der Waals surface area (Å²) in [7, 11) is 1.54. The highest BCUT2D eigenvalue weighted by atomic mass is 16.7. The van der Waals surface area contributed by atoms with Gasteiger partial charge in [-0.2, -0.15) is 0 Å². The van der Waals surface area contributed by atoms with Crippen LogP contribution in [0.4, 0.5) is 0 Å². The molecule has 0 saturated carbocycles. The van der Waals surface area contributed by atoms with E-state index < -0.39 is 41.5 Å². The zero-order valence-corrected chi connectivity index (χ0v) is 25.8. The Labute approximate surface area is 258 Å². The number of nitrogens with zero attached hydrogens (tertiary/aromatic N) is 6. The molecule has 4 atom stereocenters. The summed E-state index contributed by atoms with van der Waals surface area (Å²) in [6.07, 6.45) is -0.941. The molecule has 0 unspecified atom stereocenters. The molecule has 4 rings (SSSR count). The van der Waals surface area contributed by atoms with Crippen LogP contribution in [-0.2, 0) is 29.3 Å². The van der Waals surface area contributed by atoms with Crippen molar-refractivity contribution in [3.63, 3.8) is 0 Å². The van der Waals surface area contributed by atoms with Crippen LogP contribution >= 0.6 is 0 Å². The molecule has 1 heterocycles. The number of hydrogen-bond donors (Lipinski definition) is 0. The molecule has 3 aromatic carbocycles. The fourth-order valence-corrected chi connectivity index (χ4v) is 5.44. The van der Waals surface area contributed by atoms with Crippen LogP contribution < -0.4 is 0 Å². The summed E-state index contributed by atoms with van der Waals surface area (Å²) in [5, 5.41) is 8.14. The first kappa shape index (κ1) is 33.0. The largest absolute Gasteiger partial charge is 0.360 e. The first-order chi connectivity index (χ1) is 21.1. The third kappa shape index (κ3) is 7.96. The SMILES string of the molecule is COC(C)(C)OC[C@@H](N=[N+]=[N-])[C@@H]1C[C@@H]([C@@H](COC(c2ccccc2)(c2ccccc2)c2ccccc2)N=[N+]=[N-])OC(C)(C)O1. The van der Waals surface area contributed by atoms with E-state index in [0.717, 1.165) is 16.7 Å². The van der Waals surface area contributed by atoms with Gasteiger partial charge in [0.15, 0.2) is 11.6 Å². The number of benzene rings is 3. The molecule has 0 N–H and O–H groups in total. The zero-order chi connectivity index (χ0) is 31.6. The maximum atomic E-state index is 9.65. The van der Waals surface area contributed by atoms with E-state index in [1.54, 1.807) is 27.7 Å². The summed E-state index contributed by atoms with van der Waals surface area (Å²) in [5.74, 6) is -1.97. The van der Waals surface area contributed by atoms with Gasteiger partial charge in [0.2, 0.25) is 0 Å². The van der Waals surface area contributed by atoms with E-state index in [-0.39, 0.29) is 19.6 Å². The molecule has 1 aliphatic heterocycles. The van der Waals surface area contributed by atoms with Crippen molar-refractivity contribution in [2.24, 2.45) is 10.2 Å². The van der Waals surface area contributed by atoms with E-state index in [2.05, 4.69) is 20.1 Å². The molecule has 11 heteroatoms. The fourth-order valence-electron chi connectivity index (χ4n) is 5.44. The smallest absolute Gasteiger partial charge is 0.163 e. The molecule has 44 heavy (non-hydrogen) atoms. The molecule has 0 radical (unpaired) electrons. The van der Waals surface area contributed by atoms with E-state index >= 15 is 0 Å². The molecule has 0 bridgehead atoms. The molecule has 11 nitrogen and oxygen atoms in total. The Morgan fingerprint density at radius 1 is 0.750 bits per heavy atom. The van der Waals surface area contributed by atoms with Crippen molar-refractivity contribution in [1.29, 1.82) is 0 Å². The third-order valence-corrected chi connectivity index (χ3v) is 7.70. The van der Waals surface area contributed by atoms with Gasteiger partial charge in [-0.05, 0) is 55.4 Å². The normalized spacial score (nSPS) is 19.7. The van der Waals surface area contributed by atoms with Gasteiger partial charge in [-0.1, -0.05) is 101 Å². The maximum absolute atomic E-state index is 9.65. The van der Waals surface area contributed by atoms with Crippen LogP contribution in [0.3, 0.4) is 0 Å². The van der Waals surface area contributed by atoms with E-state index in [9.17, 15) is 11.1 Å². The summed E-state index contributed by atoms with van der Waals surface area (Å²) in [6.45, 7) is 7.16. The first-order valence-corrected chi connectivity index (χ1v) is 14.6. The lowest BCUT2D eigenvalue weighted by Gasteiger charge is -2.45. The third-order valence-electron chi connectivity index (χ3n) is 7.70. The van der Waals surface area contributed by atoms with Crippen LogP contribution in [-0.4, -0.2) is 56.2 Å². The number of hydrogen-bond acceptors (Lipinski definition) is 7. The van der Waals surface area contributed by atoms with Crippen LogP contribution in [0.5, 0.6) is 0 Å². The second-order valence-electron chi connectivity index (χ2n) is 11.5. The van der Waals surface area contributed by atoms with Gasteiger partial charge in [-0.15, -0.1) is 0 Å². The highest BCUT2D eigenvalue weighted by Crippen LogP contribution is 2.41. The Morgan fingerprint density at radius 3 is 1.50 bits per heavy atom. The van der Waals surface area contributed by atoms with E-state index in [1.807, 2.05) is 91.0 Å². The number of rotatable bonds is 14. The molecule has 1 saturated heterocycles. The van der Waals surface area contributed by atoms with Crippen molar-refractivity contribution >= 4 is 0 Å². The molecule has 232 valence electrons. The Bertz CT molecular complexity index is 1330. The molecule has 0 amide bonds. The Morgan fingerprint density at radius 2 is 1.14 bits per heavy atom. The first-order valence-electron chi connectivity index (χ1n) is 14.6. The van der Waals surface area contributed by atoms with E-state index in [1.165, 1.54) is 7.11 Å². The second kappa shape index (κ2) is 14.7. The van der Waals surface area contributed by atoms with Crippen molar-refractivity contribution in [2.45, 2.75) is 75.6 Å². The van der Waals surface area contributed by atoms with Gasteiger partial charge in [0.05, 0.1) is 37.5 Å². The lowest BCUT2D eigenvalue weighted by molar-refractivity contribution is -0.310. The minimum Gasteiger partial charge on any atom is -0.360 e. The predicted molar refractivity (Wildman–Crippen MR) is 167 cm³/mol. The van der Waals surface area contributed by atoms with Gasteiger partial charge < -0.3 is 23.7 Å². The topological polar surface area (TPSA) is 144 Å². The maximum Gasteiger partial charge on any atom is 0.163 e. The monoisotopic (exact) mass is 600 g/mol. The Kier molecular flexibility index (Phi) is 11.0. The highest BCUT2D eigenvalue weighted by molar-refractivity contribution is 5.47. The van der Waals surface area contributed by atoms with Crippen molar-refractivity contribution in [2.75, 3.05) is 20.3 Å². The highest BCUT2D eigenvalue weighted by Gasteiger charge is 2.44. The molecule has 0 aromatic heterocycles. The van der Waals surface area contributed by atoms with Gasteiger partial charge >= 0.3 is 0 Å². The van der Waals surface area contributed by atoms with Crippen molar-refractivity contribution < 1.29 is 23.7 Å². The van der Waals surface area contributed by atoms with Crippen LogP contribution in [0, 0.1) is 0 Å². The van der Waals surface area contributed by atoms with Crippen LogP contribution in [0.15, 0.2) is 101 Å². The van der Waals surface area contributed by atoms with E-state index in [4.69, 9.17) is 23.7 Å². The summed E-state index contributed by atoms with van der Waals surface area (Å²) in [4.78, 5) is 6.20. The molecular weight excluding hydrogens is 560 g/mol. The minimum atomic E-state index is -1.08. The second-order valence-corrected chi connectivity index (χ2v) is 11.5. The van der Waals surface area contributed by atoms with Crippen molar-refractivity contribution in [3.8, 4) is 0 Å². The zero-order valence-electron chi connectivity index (χ0n) is 25.8. The summed E-state index contributed by atoms with van der Waals surface area (Å²) in [6, 6.07) is 28.4. The van der Waals surface area contributed by atoms with E-state index in [0.29, 0.717) is 0 Å². The van der Waals surface area contributed by atoms with Crippen molar-refractivity contribution in [3.05, 3.63) is 129 Å². The standard InChI is InChI=1S/C33H40N6O5/c1-31(2,40-5)41-22-27(36-38-34)29-21-30(44-32(3,4)43-29)28(37-39-35)23-42-33(24-15-9-6-10-16-24,25-17-11-7-12-18-25)26-19-13-8-14-20-26/h6-20,27-30H,21-23H2,1-5H3/t27-,28-,29+,30+/m1/s1. The quantitative estimate of drug-likeness (QED) is 0.0613. The summed E-state index contributed by atoms with van der Waals surface area (Å²) >= 11 is 0. The average molecular weight is 601 g/mol. The summed E-state index contributed by atoms with van der Waals surface area (Å²) in [5.41, 5.74) is 20.7. The van der Waals surface area contributed by atoms with Gasteiger partial charge in [0.1, 0.15) is 5.60 Å². The molecule has 1 aliphatic rings. The predicted octanol–water partition coefficient (Wildman–Crippen LogP) is 7.66. The lowest BCUT2D eigenvalue weighted by Crippen LogP contribution is -2.53. The Balaban J connectivity index is 1.69. The lowest BCUT2D eigenvalue weighted by atomic mass is 9.80. The van der Waals surface area contributed by atoms with Crippen LogP contribution in [0.25, 0.3) is 20.9 Å². The van der Waals surface area contributed by atoms with Gasteiger partial charge in [-0.3, -0.25) is 0 Å². The molecule has 1 fully saturated rings. The number of ether oxygens (including phenoxy) is 5. The van der Waals surface area contributed by atoms with Gasteiger partial charge in [0.25, 0.3) is 0 Å². The van der Waals surface area contributed by atoms with Crippen molar-refractivity contribution in [1.82, 2.24) is 0 Å².